The van der Waals surface area contributed by atoms with Gasteiger partial charge in [-0.3, -0.25) is 9.69 Å². The van der Waals surface area contributed by atoms with E-state index in [9.17, 15) is 9.90 Å². The minimum atomic E-state index is -0.0731. The van der Waals surface area contributed by atoms with Crippen molar-refractivity contribution >= 4 is 11.6 Å². The van der Waals surface area contributed by atoms with Gasteiger partial charge in [-0.15, -0.1) is 0 Å². The molecular weight excluding hydrogens is 314 g/mol. The van der Waals surface area contributed by atoms with Gasteiger partial charge in [0, 0.05) is 37.9 Å². The van der Waals surface area contributed by atoms with Gasteiger partial charge in [-0.1, -0.05) is 19.8 Å². The van der Waals surface area contributed by atoms with Crippen LogP contribution in [-0.2, 0) is 4.79 Å². The van der Waals surface area contributed by atoms with Gasteiger partial charge in [-0.2, -0.15) is 0 Å². The number of rotatable bonds is 4. The molecule has 138 valence electrons. The summed E-state index contributed by atoms with van der Waals surface area (Å²) in [4.78, 5) is 17.2. The highest BCUT2D eigenvalue weighted by Gasteiger charge is 2.29. The average molecular weight is 345 g/mol. The van der Waals surface area contributed by atoms with Gasteiger partial charge in [-0.05, 0) is 49.9 Å². The number of piperazine rings is 1. The molecule has 2 aliphatic rings. The summed E-state index contributed by atoms with van der Waals surface area (Å²) >= 11 is 0. The molecule has 1 amide bonds. The van der Waals surface area contributed by atoms with Gasteiger partial charge in [0.2, 0.25) is 5.91 Å². The smallest absolute Gasteiger partial charge is 0.237 e. The Morgan fingerprint density at radius 1 is 1.12 bits per heavy atom. The second-order valence-electron chi connectivity index (χ2n) is 7.59. The Labute approximate surface area is 151 Å². The number of hydrogen-bond acceptors (Lipinski definition) is 4. The van der Waals surface area contributed by atoms with Gasteiger partial charge in [0.15, 0.2) is 0 Å². The first-order chi connectivity index (χ1) is 12.0. The molecule has 3 atom stereocenters. The van der Waals surface area contributed by atoms with Crippen molar-refractivity contribution in [1.29, 1.82) is 0 Å². The summed E-state index contributed by atoms with van der Waals surface area (Å²) in [6.45, 7) is 7.86. The molecule has 1 heterocycles. The second kappa shape index (κ2) is 8.09. The zero-order valence-corrected chi connectivity index (χ0v) is 15.4. The molecule has 2 fully saturated rings. The van der Waals surface area contributed by atoms with E-state index in [2.05, 4.69) is 22.0 Å². The Morgan fingerprint density at radius 3 is 2.40 bits per heavy atom. The highest BCUT2D eigenvalue weighted by Crippen LogP contribution is 2.24. The minimum Gasteiger partial charge on any atom is -0.508 e. The number of amides is 1. The first-order valence-corrected chi connectivity index (χ1v) is 9.63. The summed E-state index contributed by atoms with van der Waals surface area (Å²) in [5.41, 5.74) is 1.13. The van der Waals surface area contributed by atoms with Crippen molar-refractivity contribution in [3.05, 3.63) is 24.3 Å². The molecule has 5 heteroatoms. The van der Waals surface area contributed by atoms with E-state index < -0.39 is 0 Å². The van der Waals surface area contributed by atoms with Crippen LogP contribution in [0.5, 0.6) is 5.75 Å². The molecule has 25 heavy (non-hydrogen) atoms. The normalized spacial score (nSPS) is 26.2. The number of phenolic OH excluding ortho intramolecular Hbond substituents is 1. The fraction of sp³-hybridized carbons (Fsp3) is 0.650. The monoisotopic (exact) mass is 345 g/mol. The third-order valence-electron chi connectivity index (χ3n) is 5.90. The van der Waals surface area contributed by atoms with Crippen LogP contribution in [0.1, 0.15) is 39.5 Å². The van der Waals surface area contributed by atoms with Crippen LogP contribution in [0.15, 0.2) is 24.3 Å². The van der Waals surface area contributed by atoms with E-state index in [0.717, 1.165) is 38.3 Å². The Hall–Kier alpha value is -1.75. The zero-order chi connectivity index (χ0) is 17.8. The lowest BCUT2D eigenvalue weighted by atomic mass is 9.86. The van der Waals surface area contributed by atoms with Crippen LogP contribution in [0.3, 0.4) is 0 Å². The topological polar surface area (TPSA) is 55.8 Å². The van der Waals surface area contributed by atoms with Crippen LogP contribution in [0, 0.1) is 5.92 Å². The molecule has 0 radical (unpaired) electrons. The Kier molecular flexibility index (Phi) is 5.84. The third kappa shape index (κ3) is 4.46. The first kappa shape index (κ1) is 18.1. The number of carbonyl (C=O) groups excluding carboxylic acids is 1. The molecular formula is C20H31N3O2. The van der Waals surface area contributed by atoms with E-state index in [4.69, 9.17) is 0 Å². The predicted octanol–water partition coefficient (Wildman–Crippen LogP) is 2.60. The van der Waals surface area contributed by atoms with Crippen LogP contribution in [0.4, 0.5) is 5.69 Å². The van der Waals surface area contributed by atoms with Crippen LogP contribution in [-0.4, -0.2) is 54.2 Å². The minimum absolute atomic E-state index is 0.0731. The van der Waals surface area contributed by atoms with Crippen molar-refractivity contribution in [3.63, 3.8) is 0 Å². The second-order valence-corrected chi connectivity index (χ2v) is 7.59. The number of nitrogens with one attached hydrogen (secondary N) is 1. The number of hydrogen-bond donors (Lipinski definition) is 2. The number of nitrogens with zero attached hydrogens (tertiary/aromatic N) is 2. The average Bonchev–Trinajstić information content (AvgIpc) is 2.64. The summed E-state index contributed by atoms with van der Waals surface area (Å²) in [6, 6.07) is 7.63. The SMILES string of the molecule is C[C@@H]1CCCC[C@@H]1NC(=O)[C@@H](C)N1CCN(c2ccc(O)cc2)CC1. The number of aromatic hydroxyl groups is 1. The van der Waals surface area contributed by atoms with Crippen molar-refractivity contribution in [3.8, 4) is 5.75 Å². The summed E-state index contributed by atoms with van der Waals surface area (Å²) < 4.78 is 0. The van der Waals surface area contributed by atoms with Gasteiger partial charge in [0.25, 0.3) is 0 Å². The molecule has 3 rings (SSSR count). The Morgan fingerprint density at radius 2 is 1.76 bits per heavy atom. The predicted molar refractivity (Wildman–Crippen MR) is 101 cm³/mol. The maximum atomic E-state index is 12.7. The van der Waals surface area contributed by atoms with E-state index in [1.807, 2.05) is 19.1 Å². The molecule has 5 nitrogen and oxygen atoms in total. The van der Waals surface area contributed by atoms with E-state index >= 15 is 0 Å². The van der Waals surface area contributed by atoms with Gasteiger partial charge in [-0.25, -0.2) is 0 Å². The van der Waals surface area contributed by atoms with E-state index in [-0.39, 0.29) is 11.9 Å². The maximum Gasteiger partial charge on any atom is 0.237 e. The highest BCUT2D eigenvalue weighted by molar-refractivity contribution is 5.81. The molecule has 0 unspecified atom stereocenters. The Bertz CT molecular complexity index is 567. The van der Waals surface area contributed by atoms with Gasteiger partial charge in [0.05, 0.1) is 6.04 Å². The molecule has 2 N–H and O–H groups in total. The molecule has 1 saturated heterocycles. The largest absolute Gasteiger partial charge is 0.508 e. The maximum absolute atomic E-state index is 12.7. The molecule has 0 aromatic heterocycles. The van der Waals surface area contributed by atoms with Crippen molar-refractivity contribution in [2.24, 2.45) is 5.92 Å². The number of benzene rings is 1. The molecule has 1 aliphatic carbocycles. The van der Waals surface area contributed by atoms with E-state index in [1.54, 1.807) is 12.1 Å². The van der Waals surface area contributed by atoms with Crippen LogP contribution < -0.4 is 10.2 Å². The van der Waals surface area contributed by atoms with Crippen molar-refractivity contribution in [2.75, 3.05) is 31.1 Å². The summed E-state index contributed by atoms with van der Waals surface area (Å²) in [7, 11) is 0. The molecule has 0 spiro atoms. The van der Waals surface area contributed by atoms with Crippen LogP contribution in [0.2, 0.25) is 0 Å². The van der Waals surface area contributed by atoms with Crippen molar-refractivity contribution < 1.29 is 9.90 Å². The van der Waals surface area contributed by atoms with Crippen molar-refractivity contribution in [2.45, 2.75) is 51.6 Å². The third-order valence-corrected chi connectivity index (χ3v) is 5.90. The number of carbonyl (C=O) groups is 1. The fourth-order valence-electron chi connectivity index (χ4n) is 4.03. The number of anilines is 1. The van der Waals surface area contributed by atoms with E-state index in [0.29, 0.717) is 17.7 Å². The van der Waals surface area contributed by atoms with Crippen LogP contribution in [0.25, 0.3) is 0 Å². The zero-order valence-electron chi connectivity index (χ0n) is 15.4. The lowest BCUT2D eigenvalue weighted by molar-refractivity contribution is -0.127. The lowest BCUT2D eigenvalue weighted by Crippen LogP contribution is -2.55. The van der Waals surface area contributed by atoms with E-state index in [1.165, 1.54) is 19.3 Å². The number of phenols is 1. The van der Waals surface area contributed by atoms with Crippen molar-refractivity contribution in [1.82, 2.24) is 10.2 Å². The van der Waals surface area contributed by atoms with Crippen LogP contribution >= 0.6 is 0 Å². The first-order valence-electron chi connectivity index (χ1n) is 9.63. The quantitative estimate of drug-likeness (QED) is 0.881. The Balaban J connectivity index is 1.49. The van der Waals surface area contributed by atoms with Gasteiger partial charge < -0.3 is 15.3 Å². The summed E-state index contributed by atoms with van der Waals surface area (Å²) in [5.74, 6) is 1.07. The molecule has 1 aliphatic heterocycles. The molecule has 1 saturated carbocycles. The summed E-state index contributed by atoms with van der Waals surface area (Å²) in [5, 5.41) is 12.7. The molecule has 0 bridgehead atoms. The highest BCUT2D eigenvalue weighted by atomic mass is 16.3. The standard InChI is InChI=1S/C20H31N3O2/c1-15-5-3-4-6-19(15)21-20(25)16(2)22-11-13-23(14-12-22)17-7-9-18(24)10-8-17/h7-10,15-16,19,24H,3-6,11-14H2,1-2H3,(H,21,25)/t15-,16-,19+/m1/s1. The molecule has 1 aromatic carbocycles. The summed E-state index contributed by atoms with van der Waals surface area (Å²) in [6.07, 6.45) is 4.87. The lowest BCUT2D eigenvalue weighted by Gasteiger charge is -2.39. The van der Waals surface area contributed by atoms with Gasteiger partial charge in [0.1, 0.15) is 5.75 Å². The fourth-order valence-corrected chi connectivity index (χ4v) is 4.03. The molecule has 1 aromatic rings. The van der Waals surface area contributed by atoms with Gasteiger partial charge >= 0.3 is 0 Å².